The van der Waals surface area contributed by atoms with Crippen molar-refractivity contribution in [2.24, 2.45) is 0 Å². The van der Waals surface area contributed by atoms with E-state index in [-0.39, 0.29) is 10.6 Å². The van der Waals surface area contributed by atoms with E-state index >= 15 is 0 Å². The summed E-state index contributed by atoms with van der Waals surface area (Å²) in [5, 5.41) is 17.7. The number of rotatable bonds is 5. The number of nitrogens with zero attached hydrogens (tertiary/aromatic N) is 3. The molecule has 2 heterocycles. The molecule has 0 bridgehead atoms. The van der Waals surface area contributed by atoms with Crippen LogP contribution in [0, 0.1) is 10.1 Å². The first-order valence-electron chi connectivity index (χ1n) is 16.1. The van der Waals surface area contributed by atoms with Gasteiger partial charge in [0.15, 0.2) is 0 Å². The number of nitro benzene ring substituents is 1. The van der Waals surface area contributed by atoms with E-state index in [1.165, 1.54) is 43.6 Å². The molecule has 0 unspecified atom stereocenters. The highest BCUT2D eigenvalue weighted by Gasteiger charge is 2.20. The number of para-hydroxylation sites is 1. The van der Waals surface area contributed by atoms with Gasteiger partial charge >= 0.3 is 0 Å². The Hall–Kier alpha value is -6.46. The number of fused-ring (bicyclic) bond motifs is 7. The lowest BCUT2D eigenvalue weighted by molar-refractivity contribution is -0.384. The minimum atomic E-state index is -0.326. The average molecular weight is 620 g/mol. The standard InChI is InChI=1S/C43H29N3O2/c47-46(48)39-17-8-7-15-35(39)31-18-21-33(22-19-31)44-27-26-37-38(44)24-25-41-43(37)42-36-16-6-5-12-30(36)20-23-40(42)45(41)34-14-9-13-32(28-34)29-10-3-1-2-4-11-29/h1,3-28H,2H2. The van der Waals surface area contributed by atoms with Crippen LogP contribution in [0.4, 0.5) is 5.69 Å². The molecule has 0 N–H and O–H groups in total. The Morgan fingerprint density at radius 2 is 1.40 bits per heavy atom. The summed E-state index contributed by atoms with van der Waals surface area (Å²) in [6.07, 6.45) is 14.0. The fourth-order valence-electron chi connectivity index (χ4n) is 7.27. The fourth-order valence-corrected chi connectivity index (χ4v) is 7.27. The summed E-state index contributed by atoms with van der Waals surface area (Å²) in [5.41, 5.74) is 9.44. The van der Waals surface area contributed by atoms with Crippen LogP contribution in [0.2, 0.25) is 0 Å². The second kappa shape index (κ2) is 11.1. The zero-order valence-corrected chi connectivity index (χ0v) is 26.0. The Kier molecular flexibility index (Phi) is 6.44. The molecule has 5 heteroatoms. The summed E-state index contributed by atoms with van der Waals surface area (Å²) in [7, 11) is 0. The minimum Gasteiger partial charge on any atom is -0.317 e. The van der Waals surface area contributed by atoms with E-state index in [2.05, 4.69) is 125 Å². The lowest BCUT2D eigenvalue weighted by Crippen LogP contribution is -1.96. The minimum absolute atomic E-state index is 0.104. The Morgan fingerprint density at radius 1 is 0.625 bits per heavy atom. The molecule has 0 aliphatic heterocycles. The topological polar surface area (TPSA) is 53.0 Å². The molecular weight excluding hydrogens is 590 g/mol. The third-order valence-corrected chi connectivity index (χ3v) is 9.47. The van der Waals surface area contributed by atoms with E-state index in [0.717, 1.165) is 34.4 Å². The van der Waals surface area contributed by atoms with Crippen LogP contribution < -0.4 is 0 Å². The van der Waals surface area contributed by atoms with Crippen molar-refractivity contribution in [1.29, 1.82) is 0 Å². The van der Waals surface area contributed by atoms with Gasteiger partial charge in [-0.3, -0.25) is 10.1 Å². The molecule has 8 aromatic rings. The first-order chi connectivity index (χ1) is 23.7. The third-order valence-electron chi connectivity index (χ3n) is 9.47. The van der Waals surface area contributed by atoms with Gasteiger partial charge in [0, 0.05) is 39.8 Å². The van der Waals surface area contributed by atoms with Gasteiger partial charge in [0.1, 0.15) is 0 Å². The fraction of sp³-hybridized carbons (Fsp3) is 0.0233. The molecule has 0 atom stereocenters. The van der Waals surface area contributed by atoms with Crippen LogP contribution in [0.3, 0.4) is 0 Å². The maximum Gasteiger partial charge on any atom is 0.277 e. The van der Waals surface area contributed by atoms with Crippen LogP contribution in [0.5, 0.6) is 0 Å². The smallest absolute Gasteiger partial charge is 0.277 e. The Morgan fingerprint density at radius 3 is 2.27 bits per heavy atom. The van der Waals surface area contributed by atoms with E-state index in [9.17, 15) is 10.1 Å². The van der Waals surface area contributed by atoms with Crippen molar-refractivity contribution in [1.82, 2.24) is 9.13 Å². The molecule has 0 fully saturated rings. The molecule has 1 aliphatic rings. The molecule has 0 radical (unpaired) electrons. The van der Waals surface area contributed by atoms with Gasteiger partial charge < -0.3 is 9.13 Å². The molecule has 0 spiro atoms. The Labute approximate surface area is 276 Å². The van der Waals surface area contributed by atoms with Gasteiger partial charge in [-0.1, -0.05) is 97.1 Å². The summed E-state index contributed by atoms with van der Waals surface area (Å²) < 4.78 is 4.60. The number of benzene rings is 6. The maximum absolute atomic E-state index is 11.7. The van der Waals surface area contributed by atoms with Crippen LogP contribution in [-0.4, -0.2) is 14.1 Å². The summed E-state index contributed by atoms with van der Waals surface area (Å²) >= 11 is 0. The van der Waals surface area contributed by atoms with Crippen molar-refractivity contribution in [3.8, 4) is 22.5 Å². The predicted molar refractivity (Wildman–Crippen MR) is 198 cm³/mol. The van der Waals surface area contributed by atoms with Gasteiger partial charge in [-0.05, 0) is 88.5 Å². The molecule has 6 aromatic carbocycles. The summed E-state index contributed by atoms with van der Waals surface area (Å²) in [5.74, 6) is 0. The molecule has 0 saturated heterocycles. The van der Waals surface area contributed by atoms with Gasteiger partial charge in [0.25, 0.3) is 5.69 Å². The van der Waals surface area contributed by atoms with E-state index in [4.69, 9.17) is 0 Å². The van der Waals surface area contributed by atoms with E-state index in [0.29, 0.717) is 5.56 Å². The highest BCUT2D eigenvalue weighted by molar-refractivity contribution is 6.28. The van der Waals surface area contributed by atoms with Crippen LogP contribution >= 0.6 is 0 Å². The van der Waals surface area contributed by atoms with Gasteiger partial charge in [-0.15, -0.1) is 0 Å². The number of allylic oxidation sites excluding steroid dienone is 6. The Bertz CT molecular complexity index is 2670. The van der Waals surface area contributed by atoms with Crippen molar-refractivity contribution in [2.75, 3.05) is 0 Å². The molecule has 1 aliphatic carbocycles. The molecule has 48 heavy (non-hydrogen) atoms. The predicted octanol–water partition coefficient (Wildman–Crippen LogP) is 11.4. The number of aromatic nitrogens is 2. The summed E-state index contributed by atoms with van der Waals surface area (Å²) in [6.45, 7) is 0. The third kappa shape index (κ3) is 4.40. The number of nitro groups is 1. The lowest BCUT2D eigenvalue weighted by Gasteiger charge is -2.11. The summed E-state index contributed by atoms with van der Waals surface area (Å²) in [6, 6.07) is 43.4. The quantitative estimate of drug-likeness (QED) is 0.142. The van der Waals surface area contributed by atoms with Crippen LogP contribution in [0.15, 0.2) is 164 Å². The van der Waals surface area contributed by atoms with Gasteiger partial charge in [0.2, 0.25) is 0 Å². The molecule has 2 aromatic heterocycles. The zero-order chi connectivity index (χ0) is 32.2. The highest BCUT2D eigenvalue weighted by Crippen LogP contribution is 2.41. The zero-order valence-electron chi connectivity index (χ0n) is 26.0. The maximum atomic E-state index is 11.7. The number of hydrogen-bond donors (Lipinski definition) is 0. The molecule has 9 rings (SSSR count). The second-order valence-corrected chi connectivity index (χ2v) is 12.2. The first-order valence-corrected chi connectivity index (χ1v) is 16.1. The molecular formula is C43H29N3O2. The molecule has 0 amide bonds. The number of hydrogen-bond acceptors (Lipinski definition) is 2. The van der Waals surface area contributed by atoms with Crippen molar-refractivity contribution in [2.45, 2.75) is 6.42 Å². The van der Waals surface area contributed by atoms with E-state index in [1.807, 2.05) is 30.3 Å². The van der Waals surface area contributed by atoms with Crippen LogP contribution in [0.25, 0.3) is 71.6 Å². The average Bonchev–Trinajstić information content (AvgIpc) is 3.59. The largest absolute Gasteiger partial charge is 0.317 e. The van der Waals surface area contributed by atoms with Crippen molar-refractivity contribution in [3.63, 3.8) is 0 Å². The van der Waals surface area contributed by atoms with Crippen molar-refractivity contribution in [3.05, 3.63) is 180 Å². The highest BCUT2D eigenvalue weighted by atomic mass is 16.6. The van der Waals surface area contributed by atoms with Crippen LogP contribution in [0.1, 0.15) is 12.0 Å². The first kappa shape index (κ1) is 27.8. The lowest BCUT2D eigenvalue weighted by atomic mass is 10.0. The van der Waals surface area contributed by atoms with Crippen molar-refractivity contribution >= 4 is 54.7 Å². The second-order valence-electron chi connectivity index (χ2n) is 12.2. The van der Waals surface area contributed by atoms with Crippen molar-refractivity contribution < 1.29 is 4.92 Å². The monoisotopic (exact) mass is 619 g/mol. The van der Waals surface area contributed by atoms with Gasteiger partial charge in [0.05, 0.1) is 27.0 Å². The van der Waals surface area contributed by atoms with E-state index in [1.54, 1.807) is 18.2 Å². The van der Waals surface area contributed by atoms with Gasteiger partial charge in [-0.2, -0.15) is 0 Å². The summed E-state index contributed by atoms with van der Waals surface area (Å²) in [4.78, 5) is 11.3. The SMILES string of the molecule is O=[N+]([O-])c1ccccc1-c1ccc(-n2ccc3c4c5c6ccccc6ccc5n(-c5cccc(C6=CC=CCC=C6)c5)c4ccc32)cc1. The van der Waals surface area contributed by atoms with E-state index < -0.39 is 0 Å². The normalized spacial score (nSPS) is 13.0. The van der Waals surface area contributed by atoms with Crippen LogP contribution in [-0.2, 0) is 0 Å². The molecule has 5 nitrogen and oxygen atoms in total. The van der Waals surface area contributed by atoms with Gasteiger partial charge in [-0.25, -0.2) is 0 Å². The Balaban J connectivity index is 1.25. The molecule has 0 saturated carbocycles. The molecule has 228 valence electrons.